The number of aryl methyl sites for hydroxylation is 1. The van der Waals surface area contributed by atoms with E-state index in [4.69, 9.17) is 5.11 Å². The standard InChI is InChI=1S/C16H17N3O4/c1-3-12(16(22)23)17-15(21)14-13(20)9-10(2)19(18-14)11-7-5-4-6-8-11/h4-9,12H,3H2,1-2H3,(H,17,21)(H,22,23). The van der Waals surface area contributed by atoms with Crippen molar-refractivity contribution in [3.05, 3.63) is 58.0 Å². The normalized spacial score (nSPS) is 11.7. The van der Waals surface area contributed by atoms with E-state index in [2.05, 4.69) is 10.4 Å². The van der Waals surface area contributed by atoms with Gasteiger partial charge in [0.15, 0.2) is 5.69 Å². The Kier molecular flexibility index (Phi) is 4.90. The Labute approximate surface area is 132 Å². The molecule has 0 aliphatic carbocycles. The third-order valence-corrected chi connectivity index (χ3v) is 3.33. The molecule has 0 radical (unpaired) electrons. The van der Waals surface area contributed by atoms with Gasteiger partial charge in [0.2, 0.25) is 5.43 Å². The van der Waals surface area contributed by atoms with Crippen LogP contribution < -0.4 is 10.7 Å². The second-order valence-electron chi connectivity index (χ2n) is 5.02. The summed E-state index contributed by atoms with van der Waals surface area (Å²) in [5, 5.41) is 15.4. The van der Waals surface area contributed by atoms with E-state index in [1.807, 2.05) is 18.2 Å². The number of amides is 1. The summed E-state index contributed by atoms with van der Waals surface area (Å²) in [6, 6.07) is 9.29. The molecule has 7 heteroatoms. The van der Waals surface area contributed by atoms with Crippen LogP contribution in [0.15, 0.2) is 41.2 Å². The first-order valence-electron chi connectivity index (χ1n) is 7.14. The molecule has 2 aromatic rings. The molecule has 1 amide bonds. The van der Waals surface area contributed by atoms with Gasteiger partial charge in [0, 0.05) is 11.8 Å². The molecule has 1 heterocycles. The number of nitrogens with zero attached hydrogens (tertiary/aromatic N) is 2. The van der Waals surface area contributed by atoms with E-state index >= 15 is 0 Å². The van der Waals surface area contributed by atoms with Crippen LogP contribution in [0.25, 0.3) is 5.69 Å². The van der Waals surface area contributed by atoms with Gasteiger partial charge in [0.05, 0.1) is 5.69 Å². The maximum absolute atomic E-state index is 12.2. The minimum Gasteiger partial charge on any atom is -0.480 e. The molecule has 2 rings (SSSR count). The van der Waals surface area contributed by atoms with Gasteiger partial charge >= 0.3 is 5.97 Å². The van der Waals surface area contributed by atoms with Crippen molar-refractivity contribution in [2.75, 3.05) is 0 Å². The zero-order chi connectivity index (χ0) is 17.0. The minimum absolute atomic E-state index is 0.208. The van der Waals surface area contributed by atoms with Crippen LogP contribution in [0.3, 0.4) is 0 Å². The number of carboxylic acid groups (broad SMARTS) is 1. The molecule has 0 saturated heterocycles. The van der Waals surface area contributed by atoms with E-state index in [1.165, 1.54) is 10.7 Å². The lowest BCUT2D eigenvalue weighted by Crippen LogP contribution is -2.42. The molecule has 2 N–H and O–H groups in total. The van der Waals surface area contributed by atoms with Crippen molar-refractivity contribution < 1.29 is 14.7 Å². The minimum atomic E-state index is -1.16. The SMILES string of the molecule is CCC(NC(=O)c1nn(-c2ccccc2)c(C)cc1=O)C(=O)O. The van der Waals surface area contributed by atoms with Gasteiger partial charge in [-0.3, -0.25) is 9.59 Å². The fourth-order valence-electron chi connectivity index (χ4n) is 2.10. The Morgan fingerprint density at radius 3 is 2.52 bits per heavy atom. The highest BCUT2D eigenvalue weighted by Crippen LogP contribution is 2.08. The van der Waals surface area contributed by atoms with Crippen molar-refractivity contribution in [1.29, 1.82) is 0 Å². The number of aromatic nitrogens is 2. The molecule has 1 aromatic carbocycles. The molecule has 1 atom stereocenters. The number of nitrogens with one attached hydrogen (secondary N) is 1. The molecule has 0 aliphatic heterocycles. The fraction of sp³-hybridized carbons (Fsp3) is 0.250. The van der Waals surface area contributed by atoms with Crippen molar-refractivity contribution in [1.82, 2.24) is 15.1 Å². The number of hydrogen-bond donors (Lipinski definition) is 2. The average Bonchev–Trinajstić information content (AvgIpc) is 2.53. The Morgan fingerprint density at radius 1 is 1.30 bits per heavy atom. The average molecular weight is 315 g/mol. The first kappa shape index (κ1) is 16.4. The maximum Gasteiger partial charge on any atom is 0.326 e. The predicted molar refractivity (Wildman–Crippen MR) is 83.8 cm³/mol. The van der Waals surface area contributed by atoms with Crippen molar-refractivity contribution in [3.63, 3.8) is 0 Å². The Balaban J connectivity index is 2.42. The fourth-order valence-corrected chi connectivity index (χ4v) is 2.10. The molecule has 0 saturated carbocycles. The van der Waals surface area contributed by atoms with Gasteiger partial charge in [0.25, 0.3) is 5.91 Å². The van der Waals surface area contributed by atoms with E-state index in [1.54, 1.807) is 26.0 Å². The smallest absolute Gasteiger partial charge is 0.326 e. The molecular weight excluding hydrogens is 298 g/mol. The number of carbonyl (C=O) groups excluding carboxylic acids is 1. The maximum atomic E-state index is 12.2. The summed E-state index contributed by atoms with van der Waals surface area (Å²) in [5.41, 5.74) is 0.388. The zero-order valence-electron chi connectivity index (χ0n) is 12.8. The Morgan fingerprint density at radius 2 is 1.96 bits per heavy atom. The number of rotatable bonds is 5. The monoisotopic (exact) mass is 315 g/mol. The molecule has 7 nitrogen and oxygen atoms in total. The van der Waals surface area contributed by atoms with Crippen LogP contribution in [0.2, 0.25) is 0 Å². The summed E-state index contributed by atoms with van der Waals surface area (Å²) in [6.45, 7) is 3.33. The van der Waals surface area contributed by atoms with Crippen LogP contribution in [-0.4, -0.2) is 32.8 Å². The number of benzene rings is 1. The summed E-state index contributed by atoms with van der Waals surface area (Å²) < 4.78 is 1.47. The topological polar surface area (TPSA) is 101 Å². The first-order chi connectivity index (χ1) is 10.9. The van der Waals surface area contributed by atoms with Crippen LogP contribution >= 0.6 is 0 Å². The van der Waals surface area contributed by atoms with E-state index in [0.717, 1.165) is 0 Å². The lowest BCUT2D eigenvalue weighted by Gasteiger charge is -2.14. The predicted octanol–water partition coefficient (Wildman–Crippen LogP) is 1.13. The third-order valence-electron chi connectivity index (χ3n) is 3.33. The highest BCUT2D eigenvalue weighted by molar-refractivity contribution is 5.94. The van der Waals surface area contributed by atoms with Crippen molar-refractivity contribution in [3.8, 4) is 5.69 Å². The van der Waals surface area contributed by atoms with Crippen molar-refractivity contribution in [2.24, 2.45) is 0 Å². The third kappa shape index (κ3) is 3.63. The molecule has 1 unspecified atom stereocenters. The molecule has 0 fully saturated rings. The largest absolute Gasteiger partial charge is 0.480 e. The molecule has 23 heavy (non-hydrogen) atoms. The quantitative estimate of drug-likeness (QED) is 0.861. The number of carboxylic acids is 1. The zero-order valence-corrected chi connectivity index (χ0v) is 12.8. The molecular formula is C16H17N3O4. The Hall–Kier alpha value is -2.96. The summed E-state index contributed by atoms with van der Waals surface area (Å²) in [6.07, 6.45) is 0.208. The van der Waals surface area contributed by atoms with Gasteiger partial charge in [0.1, 0.15) is 6.04 Å². The number of carbonyl (C=O) groups is 2. The van der Waals surface area contributed by atoms with E-state index in [9.17, 15) is 14.4 Å². The van der Waals surface area contributed by atoms with Gasteiger partial charge in [-0.1, -0.05) is 25.1 Å². The molecule has 0 bridgehead atoms. The van der Waals surface area contributed by atoms with Gasteiger partial charge in [-0.25, -0.2) is 9.48 Å². The lowest BCUT2D eigenvalue weighted by molar-refractivity contribution is -0.139. The van der Waals surface area contributed by atoms with Crippen LogP contribution in [0.5, 0.6) is 0 Å². The molecule has 1 aromatic heterocycles. The van der Waals surface area contributed by atoms with Gasteiger partial charge < -0.3 is 10.4 Å². The van der Waals surface area contributed by atoms with E-state index < -0.39 is 23.3 Å². The second kappa shape index (κ2) is 6.87. The van der Waals surface area contributed by atoms with Crippen molar-refractivity contribution >= 4 is 11.9 Å². The van der Waals surface area contributed by atoms with Crippen LogP contribution in [0.1, 0.15) is 29.5 Å². The summed E-state index contributed by atoms with van der Waals surface area (Å²) in [4.78, 5) is 35.2. The van der Waals surface area contributed by atoms with Crippen molar-refractivity contribution in [2.45, 2.75) is 26.3 Å². The Bertz CT molecular complexity index is 784. The van der Waals surface area contributed by atoms with Crippen LogP contribution in [0, 0.1) is 6.92 Å². The highest BCUT2D eigenvalue weighted by Gasteiger charge is 2.22. The van der Waals surface area contributed by atoms with E-state index in [-0.39, 0.29) is 12.1 Å². The number of aliphatic carboxylic acids is 1. The first-order valence-corrected chi connectivity index (χ1v) is 7.14. The van der Waals surface area contributed by atoms with Gasteiger partial charge in [-0.2, -0.15) is 5.10 Å². The number of para-hydroxylation sites is 1. The van der Waals surface area contributed by atoms with Gasteiger partial charge in [-0.05, 0) is 25.5 Å². The van der Waals surface area contributed by atoms with Gasteiger partial charge in [-0.15, -0.1) is 0 Å². The molecule has 0 spiro atoms. The summed E-state index contributed by atoms with van der Waals surface area (Å²) in [5.74, 6) is -1.95. The van der Waals surface area contributed by atoms with E-state index in [0.29, 0.717) is 11.4 Å². The second-order valence-corrected chi connectivity index (χ2v) is 5.02. The molecule has 120 valence electrons. The number of hydrogen-bond acceptors (Lipinski definition) is 4. The lowest BCUT2D eigenvalue weighted by atomic mass is 10.2. The highest BCUT2D eigenvalue weighted by atomic mass is 16.4. The van der Waals surface area contributed by atoms with Crippen LogP contribution in [0.4, 0.5) is 0 Å². The summed E-state index contributed by atoms with van der Waals surface area (Å²) >= 11 is 0. The van der Waals surface area contributed by atoms with Crippen LogP contribution in [-0.2, 0) is 4.79 Å². The molecule has 0 aliphatic rings. The summed E-state index contributed by atoms with van der Waals surface area (Å²) in [7, 11) is 0.